The first kappa shape index (κ1) is 10.1. The lowest BCUT2D eigenvalue weighted by Crippen LogP contribution is -1.93. The van der Waals surface area contributed by atoms with Crippen molar-refractivity contribution in [1.82, 2.24) is 0 Å². The number of oxime groups is 1. The van der Waals surface area contributed by atoms with Crippen molar-refractivity contribution in [3.8, 4) is 17.6 Å². The summed E-state index contributed by atoms with van der Waals surface area (Å²) in [6.07, 6.45) is 1.36. The molecule has 0 aliphatic carbocycles. The van der Waals surface area contributed by atoms with Crippen LogP contribution in [-0.4, -0.2) is 18.0 Å². The van der Waals surface area contributed by atoms with E-state index in [1.807, 2.05) is 0 Å². The molecule has 72 valence electrons. The Morgan fingerprint density at radius 3 is 2.71 bits per heavy atom. The summed E-state index contributed by atoms with van der Waals surface area (Å²) in [6, 6.07) is 7.20. The van der Waals surface area contributed by atoms with Crippen LogP contribution in [0, 0.1) is 11.8 Å². The van der Waals surface area contributed by atoms with Gasteiger partial charge in [0, 0.05) is 0 Å². The third-order valence-corrected chi connectivity index (χ3v) is 1.57. The predicted molar refractivity (Wildman–Crippen MR) is 54.8 cm³/mol. The second-order valence-corrected chi connectivity index (χ2v) is 2.53. The Morgan fingerprint density at radius 1 is 1.43 bits per heavy atom. The van der Waals surface area contributed by atoms with Gasteiger partial charge in [0.05, 0.1) is 6.21 Å². The predicted octanol–water partition coefficient (Wildman–Crippen LogP) is 1.90. The topological polar surface area (TPSA) is 41.8 Å². The van der Waals surface area contributed by atoms with E-state index >= 15 is 0 Å². The monoisotopic (exact) mass is 189 g/mol. The number of hydrogen-bond acceptors (Lipinski definition) is 3. The molecular weight excluding hydrogens is 178 g/mol. The van der Waals surface area contributed by atoms with Gasteiger partial charge in [0.1, 0.15) is 12.4 Å². The molecule has 0 saturated carbocycles. The van der Waals surface area contributed by atoms with Crippen molar-refractivity contribution >= 4 is 6.21 Å². The molecule has 1 N–H and O–H groups in total. The zero-order valence-electron chi connectivity index (χ0n) is 7.90. The van der Waals surface area contributed by atoms with Gasteiger partial charge in [-0.2, -0.15) is 0 Å². The molecule has 0 saturated heterocycles. The lowest BCUT2D eigenvalue weighted by atomic mass is 10.2. The molecule has 0 aliphatic heterocycles. The van der Waals surface area contributed by atoms with Gasteiger partial charge < -0.3 is 9.94 Å². The van der Waals surface area contributed by atoms with Crippen LogP contribution in [0.15, 0.2) is 29.4 Å². The van der Waals surface area contributed by atoms with E-state index in [0.717, 1.165) is 11.3 Å². The molecule has 0 aromatic heterocycles. The molecule has 0 spiro atoms. The summed E-state index contributed by atoms with van der Waals surface area (Å²) in [5, 5.41) is 11.2. The highest BCUT2D eigenvalue weighted by molar-refractivity contribution is 5.79. The summed E-state index contributed by atoms with van der Waals surface area (Å²) in [5.74, 6) is 6.29. The Hall–Kier alpha value is -1.95. The van der Waals surface area contributed by atoms with Crippen LogP contribution in [0.2, 0.25) is 0 Å². The molecule has 0 bridgehead atoms. The fraction of sp³-hybridized carbons (Fsp3) is 0.182. The number of hydrogen-bond donors (Lipinski definition) is 1. The Kier molecular flexibility index (Phi) is 4.09. The molecule has 0 radical (unpaired) electrons. The Labute approximate surface area is 83.0 Å². The molecule has 0 amide bonds. The summed E-state index contributed by atoms with van der Waals surface area (Å²) in [4.78, 5) is 0. The minimum absolute atomic E-state index is 0.393. The highest BCUT2D eigenvalue weighted by Gasteiger charge is 1.91. The molecule has 0 unspecified atom stereocenters. The molecule has 1 aromatic carbocycles. The highest BCUT2D eigenvalue weighted by atomic mass is 16.5. The van der Waals surface area contributed by atoms with Gasteiger partial charge in [-0.3, -0.25) is 0 Å². The SMILES string of the molecule is CC#CCOc1ccc(/C=N/O)cc1. The fourth-order valence-electron chi connectivity index (χ4n) is 0.908. The maximum absolute atomic E-state index is 8.28. The fourth-order valence-corrected chi connectivity index (χ4v) is 0.908. The van der Waals surface area contributed by atoms with Crippen LogP contribution < -0.4 is 4.74 Å². The minimum Gasteiger partial charge on any atom is -0.481 e. The number of benzene rings is 1. The lowest BCUT2D eigenvalue weighted by molar-refractivity contribution is 0.322. The van der Waals surface area contributed by atoms with Gasteiger partial charge in [-0.05, 0) is 36.8 Å². The van der Waals surface area contributed by atoms with Crippen LogP contribution in [0.4, 0.5) is 0 Å². The van der Waals surface area contributed by atoms with Crippen LogP contribution in [0.5, 0.6) is 5.75 Å². The maximum atomic E-state index is 8.28. The van der Waals surface area contributed by atoms with E-state index in [0.29, 0.717) is 6.61 Å². The van der Waals surface area contributed by atoms with E-state index in [4.69, 9.17) is 9.94 Å². The first-order chi connectivity index (χ1) is 6.86. The summed E-state index contributed by atoms with van der Waals surface area (Å²) >= 11 is 0. The van der Waals surface area contributed by atoms with Gasteiger partial charge in [0.25, 0.3) is 0 Å². The molecular formula is C11H11NO2. The Morgan fingerprint density at radius 2 is 2.14 bits per heavy atom. The molecule has 1 aromatic rings. The average Bonchev–Trinajstić information content (AvgIpc) is 2.21. The van der Waals surface area contributed by atoms with E-state index in [2.05, 4.69) is 17.0 Å². The lowest BCUT2D eigenvalue weighted by Gasteiger charge is -2.01. The van der Waals surface area contributed by atoms with Gasteiger partial charge in [-0.15, -0.1) is 5.92 Å². The van der Waals surface area contributed by atoms with Gasteiger partial charge in [0.2, 0.25) is 0 Å². The third kappa shape index (κ3) is 3.20. The van der Waals surface area contributed by atoms with E-state index < -0.39 is 0 Å². The van der Waals surface area contributed by atoms with Gasteiger partial charge >= 0.3 is 0 Å². The van der Waals surface area contributed by atoms with E-state index in [-0.39, 0.29) is 0 Å². The van der Waals surface area contributed by atoms with Crippen molar-refractivity contribution in [2.75, 3.05) is 6.61 Å². The Balaban J connectivity index is 2.57. The average molecular weight is 189 g/mol. The smallest absolute Gasteiger partial charge is 0.149 e. The molecule has 3 nitrogen and oxygen atoms in total. The molecule has 1 rings (SSSR count). The van der Waals surface area contributed by atoms with Crippen molar-refractivity contribution in [2.24, 2.45) is 5.16 Å². The van der Waals surface area contributed by atoms with E-state index in [1.165, 1.54) is 6.21 Å². The van der Waals surface area contributed by atoms with Gasteiger partial charge in [0.15, 0.2) is 0 Å². The van der Waals surface area contributed by atoms with Crippen LogP contribution in [-0.2, 0) is 0 Å². The van der Waals surface area contributed by atoms with Crippen LogP contribution in [0.3, 0.4) is 0 Å². The standard InChI is InChI=1S/C11H11NO2/c1-2-3-8-14-11-6-4-10(5-7-11)9-12-13/h4-7,9,13H,8H2,1H3/b12-9+. The first-order valence-electron chi connectivity index (χ1n) is 4.16. The molecule has 0 atom stereocenters. The third-order valence-electron chi connectivity index (χ3n) is 1.57. The number of nitrogens with zero attached hydrogens (tertiary/aromatic N) is 1. The quantitative estimate of drug-likeness (QED) is 0.341. The summed E-state index contributed by atoms with van der Waals surface area (Å²) in [7, 11) is 0. The highest BCUT2D eigenvalue weighted by Crippen LogP contribution is 2.10. The molecule has 0 aliphatic rings. The normalized spacial score (nSPS) is 9.50. The maximum Gasteiger partial charge on any atom is 0.149 e. The van der Waals surface area contributed by atoms with E-state index in [1.54, 1.807) is 31.2 Å². The summed E-state index contributed by atoms with van der Waals surface area (Å²) in [5.41, 5.74) is 0.821. The number of rotatable bonds is 3. The van der Waals surface area contributed by atoms with Gasteiger partial charge in [-0.1, -0.05) is 11.1 Å². The molecule has 0 fully saturated rings. The zero-order valence-corrected chi connectivity index (χ0v) is 7.90. The Bertz CT molecular complexity index is 357. The first-order valence-corrected chi connectivity index (χ1v) is 4.16. The van der Waals surface area contributed by atoms with Crippen molar-refractivity contribution in [3.05, 3.63) is 29.8 Å². The van der Waals surface area contributed by atoms with Crippen molar-refractivity contribution in [3.63, 3.8) is 0 Å². The zero-order chi connectivity index (χ0) is 10.2. The van der Waals surface area contributed by atoms with Crippen LogP contribution >= 0.6 is 0 Å². The van der Waals surface area contributed by atoms with Gasteiger partial charge in [-0.25, -0.2) is 0 Å². The summed E-state index contributed by atoms with van der Waals surface area (Å²) < 4.78 is 5.30. The number of ether oxygens (including phenoxy) is 1. The van der Waals surface area contributed by atoms with Crippen LogP contribution in [0.25, 0.3) is 0 Å². The molecule has 14 heavy (non-hydrogen) atoms. The van der Waals surface area contributed by atoms with Crippen LogP contribution in [0.1, 0.15) is 12.5 Å². The second-order valence-electron chi connectivity index (χ2n) is 2.53. The molecule has 3 heteroatoms. The van der Waals surface area contributed by atoms with Crippen molar-refractivity contribution in [1.29, 1.82) is 0 Å². The minimum atomic E-state index is 0.393. The second kappa shape index (κ2) is 5.65. The largest absolute Gasteiger partial charge is 0.481 e. The van der Waals surface area contributed by atoms with E-state index in [9.17, 15) is 0 Å². The molecule has 0 heterocycles. The van der Waals surface area contributed by atoms with Crippen molar-refractivity contribution < 1.29 is 9.94 Å². The summed E-state index contributed by atoms with van der Waals surface area (Å²) in [6.45, 7) is 2.16. The van der Waals surface area contributed by atoms with Crippen molar-refractivity contribution in [2.45, 2.75) is 6.92 Å².